The Kier molecular flexibility index (Phi) is 5.98. The van der Waals surface area contributed by atoms with Crippen molar-refractivity contribution in [3.8, 4) is 0 Å². The lowest BCUT2D eigenvalue weighted by Crippen LogP contribution is -2.34. The van der Waals surface area contributed by atoms with Gasteiger partial charge in [-0.25, -0.2) is 4.79 Å². The van der Waals surface area contributed by atoms with Crippen LogP contribution in [-0.4, -0.2) is 30.2 Å². The summed E-state index contributed by atoms with van der Waals surface area (Å²) in [5, 5.41) is 15.8. The van der Waals surface area contributed by atoms with Crippen LogP contribution in [0.1, 0.15) is 22.8 Å². The van der Waals surface area contributed by atoms with Gasteiger partial charge in [0.25, 0.3) is 0 Å². The molecule has 3 N–H and O–H groups in total. The zero-order valence-electron chi connectivity index (χ0n) is 12.8. The van der Waals surface area contributed by atoms with Crippen molar-refractivity contribution in [3.63, 3.8) is 0 Å². The van der Waals surface area contributed by atoms with E-state index in [4.69, 9.17) is 5.11 Å². The lowest BCUT2D eigenvalue weighted by Gasteiger charge is -2.16. The highest BCUT2D eigenvalue weighted by molar-refractivity contribution is 5.94. The molecule has 0 radical (unpaired) electrons. The average Bonchev–Trinajstić information content (AvgIpc) is 2.54. The van der Waals surface area contributed by atoms with Crippen LogP contribution in [-0.2, 0) is 6.42 Å². The summed E-state index contributed by atoms with van der Waals surface area (Å²) < 4.78 is 0. The molecule has 2 aromatic carbocycles. The number of anilines is 1. The fourth-order valence-electron chi connectivity index (χ4n) is 2.27. The zero-order chi connectivity index (χ0) is 15.8. The number of benzene rings is 2. The number of nitrogens with one attached hydrogen (secondary N) is 2. The summed E-state index contributed by atoms with van der Waals surface area (Å²) in [6, 6.07) is 17.6. The highest BCUT2D eigenvalue weighted by Crippen LogP contribution is 2.14. The minimum absolute atomic E-state index is 0.255. The predicted octanol–water partition coefficient (Wildman–Crippen LogP) is 3.02. The van der Waals surface area contributed by atoms with E-state index < -0.39 is 5.97 Å². The number of carboxylic acid groups (broad SMARTS) is 1. The summed E-state index contributed by atoms with van der Waals surface area (Å²) in [7, 11) is 0. The quantitative estimate of drug-likeness (QED) is 0.701. The van der Waals surface area contributed by atoms with Crippen LogP contribution in [0, 0.1) is 0 Å². The number of hydrogen-bond acceptors (Lipinski definition) is 3. The normalized spacial score (nSPS) is 11.9. The Morgan fingerprint density at radius 3 is 2.50 bits per heavy atom. The summed E-state index contributed by atoms with van der Waals surface area (Å²) in [6.45, 7) is 3.66. The molecule has 0 amide bonds. The first kappa shape index (κ1) is 16.0. The fourth-order valence-corrected chi connectivity index (χ4v) is 2.27. The van der Waals surface area contributed by atoms with Crippen molar-refractivity contribution in [2.24, 2.45) is 0 Å². The molecule has 1 unspecified atom stereocenters. The molecule has 116 valence electrons. The van der Waals surface area contributed by atoms with E-state index >= 15 is 0 Å². The largest absolute Gasteiger partial charge is 0.478 e. The van der Waals surface area contributed by atoms with Crippen LogP contribution in [0.25, 0.3) is 0 Å². The van der Waals surface area contributed by atoms with Crippen molar-refractivity contribution >= 4 is 11.7 Å². The zero-order valence-corrected chi connectivity index (χ0v) is 12.8. The number of rotatable bonds is 8. The van der Waals surface area contributed by atoms with E-state index in [1.807, 2.05) is 24.3 Å². The molecular formula is C18H22N2O2. The summed E-state index contributed by atoms with van der Waals surface area (Å²) in [6.07, 6.45) is 0.983. The van der Waals surface area contributed by atoms with Crippen molar-refractivity contribution in [2.75, 3.05) is 18.4 Å². The molecule has 2 rings (SSSR count). The third kappa shape index (κ3) is 4.90. The Labute approximate surface area is 131 Å². The molecular weight excluding hydrogens is 276 g/mol. The van der Waals surface area contributed by atoms with Gasteiger partial charge in [-0.15, -0.1) is 0 Å². The molecule has 0 heterocycles. The maximum Gasteiger partial charge on any atom is 0.337 e. The van der Waals surface area contributed by atoms with Gasteiger partial charge in [-0.05, 0) is 37.6 Å². The highest BCUT2D eigenvalue weighted by Gasteiger charge is 2.09. The summed E-state index contributed by atoms with van der Waals surface area (Å²) >= 11 is 0. The molecule has 0 fully saturated rings. The lowest BCUT2D eigenvalue weighted by atomic mass is 10.1. The maximum absolute atomic E-state index is 11.1. The first-order valence-electron chi connectivity index (χ1n) is 7.50. The molecule has 0 aliphatic rings. The van der Waals surface area contributed by atoms with Crippen LogP contribution < -0.4 is 10.6 Å². The van der Waals surface area contributed by atoms with E-state index in [1.54, 1.807) is 18.2 Å². The van der Waals surface area contributed by atoms with E-state index in [0.717, 1.165) is 13.0 Å². The van der Waals surface area contributed by atoms with Gasteiger partial charge in [-0.1, -0.05) is 42.5 Å². The van der Waals surface area contributed by atoms with Gasteiger partial charge in [0, 0.05) is 18.3 Å². The van der Waals surface area contributed by atoms with E-state index in [0.29, 0.717) is 17.8 Å². The molecule has 0 aliphatic heterocycles. The van der Waals surface area contributed by atoms with E-state index in [9.17, 15) is 4.79 Å². The van der Waals surface area contributed by atoms with Crippen LogP contribution in [0.15, 0.2) is 54.6 Å². The summed E-state index contributed by atoms with van der Waals surface area (Å²) in [5.41, 5.74) is 2.28. The second-order valence-electron chi connectivity index (χ2n) is 5.32. The first-order chi connectivity index (χ1) is 10.7. The Morgan fingerprint density at radius 1 is 1.09 bits per heavy atom. The van der Waals surface area contributed by atoms with Crippen molar-refractivity contribution in [3.05, 3.63) is 65.7 Å². The third-order valence-electron chi connectivity index (χ3n) is 3.51. The molecule has 0 saturated heterocycles. The van der Waals surface area contributed by atoms with Gasteiger partial charge in [0.2, 0.25) is 0 Å². The molecule has 22 heavy (non-hydrogen) atoms. The summed E-state index contributed by atoms with van der Waals surface area (Å²) in [4.78, 5) is 11.1. The van der Waals surface area contributed by atoms with E-state index in [-0.39, 0.29) is 6.04 Å². The number of para-hydroxylation sites is 1. The van der Waals surface area contributed by atoms with Gasteiger partial charge in [-0.2, -0.15) is 0 Å². The number of carboxylic acids is 1. The standard InChI is InChI=1S/C18H22N2O2/c1-14(19-12-11-15-7-3-2-4-8-15)13-20-17-10-6-5-9-16(17)18(21)22/h2-10,14,19-20H,11-13H2,1H3,(H,21,22). The molecule has 0 aliphatic carbocycles. The third-order valence-corrected chi connectivity index (χ3v) is 3.51. The second kappa shape index (κ2) is 8.20. The Bertz CT molecular complexity index is 599. The van der Waals surface area contributed by atoms with Gasteiger partial charge in [0.1, 0.15) is 0 Å². The minimum Gasteiger partial charge on any atom is -0.478 e. The maximum atomic E-state index is 11.1. The van der Waals surface area contributed by atoms with Gasteiger partial charge in [0.15, 0.2) is 0 Å². The molecule has 4 heteroatoms. The topological polar surface area (TPSA) is 61.4 Å². The van der Waals surface area contributed by atoms with Crippen molar-refractivity contribution in [2.45, 2.75) is 19.4 Å². The molecule has 4 nitrogen and oxygen atoms in total. The molecule has 0 aromatic heterocycles. The molecule has 0 spiro atoms. The highest BCUT2D eigenvalue weighted by atomic mass is 16.4. The van der Waals surface area contributed by atoms with Crippen LogP contribution >= 0.6 is 0 Å². The van der Waals surface area contributed by atoms with Crippen molar-refractivity contribution in [1.29, 1.82) is 0 Å². The molecule has 2 aromatic rings. The van der Waals surface area contributed by atoms with Crippen molar-refractivity contribution < 1.29 is 9.90 Å². The molecule has 0 bridgehead atoms. The van der Waals surface area contributed by atoms with Crippen LogP contribution in [0.3, 0.4) is 0 Å². The van der Waals surface area contributed by atoms with Crippen LogP contribution in [0.5, 0.6) is 0 Å². The first-order valence-corrected chi connectivity index (χ1v) is 7.50. The Hall–Kier alpha value is -2.33. The molecule has 1 atom stereocenters. The van der Waals surface area contributed by atoms with Crippen LogP contribution in [0.2, 0.25) is 0 Å². The Morgan fingerprint density at radius 2 is 1.77 bits per heavy atom. The number of carbonyl (C=O) groups is 1. The monoisotopic (exact) mass is 298 g/mol. The van der Waals surface area contributed by atoms with Gasteiger partial charge >= 0.3 is 5.97 Å². The van der Waals surface area contributed by atoms with Gasteiger partial charge in [-0.3, -0.25) is 0 Å². The Balaban J connectivity index is 1.76. The number of aromatic carboxylic acids is 1. The lowest BCUT2D eigenvalue weighted by molar-refractivity contribution is 0.0698. The van der Waals surface area contributed by atoms with E-state index in [1.165, 1.54) is 5.56 Å². The SMILES string of the molecule is CC(CNc1ccccc1C(=O)O)NCCc1ccccc1. The fraction of sp³-hybridized carbons (Fsp3) is 0.278. The number of hydrogen-bond donors (Lipinski definition) is 3. The van der Waals surface area contributed by atoms with Gasteiger partial charge < -0.3 is 15.7 Å². The van der Waals surface area contributed by atoms with Crippen molar-refractivity contribution in [1.82, 2.24) is 5.32 Å². The minimum atomic E-state index is -0.909. The smallest absolute Gasteiger partial charge is 0.337 e. The average molecular weight is 298 g/mol. The predicted molar refractivity (Wildman–Crippen MR) is 89.5 cm³/mol. The molecule has 0 saturated carbocycles. The summed E-state index contributed by atoms with van der Waals surface area (Å²) in [5.74, 6) is -0.909. The van der Waals surface area contributed by atoms with Crippen LogP contribution in [0.4, 0.5) is 5.69 Å². The van der Waals surface area contributed by atoms with E-state index in [2.05, 4.69) is 29.7 Å². The second-order valence-corrected chi connectivity index (χ2v) is 5.32. The van der Waals surface area contributed by atoms with Gasteiger partial charge in [0.05, 0.1) is 5.56 Å².